The molecule has 4 aromatic rings. The highest BCUT2D eigenvalue weighted by atomic mass is 35.5. The Hall–Kier alpha value is -2.55. The third-order valence-electron chi connectivity index (χ3n) is 3.55. The van der Waals surface area contributed by atoms with Gasteiger partial charge in [0.2, 0.25) is 0 Å². The maximum atomic E-state index is 12.6. The second-order valence-electron chi connectivity index (χ2n) is 5.10. The lowest BCUT2D eigenvalue weighted by molar-refractivity contribution is -0.382. The Balaban J connectivity index is 1.73. The van der Waals surface area contributed by atoms with Crippen molar-refractivity contribution in [3.63, 3.8) is 0 Å². The molecule has 0 unspecified atom stereocenters. The van der Waals surface area contributed by atoms with Gasteiger partial charge >= 0.3 is 0 Å². The van der Waals surface area contributed by atoms with Gasteiger partial charge in [-0.3, -0.25) is 20.2 Å². The first-order chi connectivity index (χ1) is 12.0. The van der Waals surface area contributed by atoms with Crippen LogP contribution in [-0.4, -0.2) is 15.8 Å². The van der Waals surface area contributed by atoms with Crippen LogP contribution in [0.2, 0.25) is 5.02 Å². The van der Waals surface area contributed by atoms with Crippen LogP contribution in [0.3, 0.4) is 0 Å². The fourth-order valence-electron chi connectivity index (χ4n) is 2.44. The molecule has 0 aliphatic carbocycles. The van der Waals surface area contributed by atoms with E-state index in [1.165, 1.54) is 17.4 Å². The fraction of sp³-hybridized carbons (Fsp3) is 0. The predicted molar refractivity (Wildman–Crippen MR) is 101 cm³/mol. The Morgan fingerprint density at radius 3 is 2.72 bits per heavy atom. The lowest BCUT2D eigenvalue weighted by Crippen LogP contribution is -2.10. The smallest absolute Gasteiger partial charge is 0.287 e. The zero-order valence-corrected chi connectivity index (χ0v) is 14.7. The number of aromatic nitrogens is 1. The van der Waals surface area contributed by atoms with Crippen LogP contribution in [0.15, 0.2) is 42.5 Å². The lowest BCUT2D eigenvalue weighted by Gasteiger charge is -1.98. The second kappa shape index (κ2) is 6.07. The van der Waals surface area contributed by atoms with Crippen molar-refractivity contribution in [1.82, 2.24) is 4.98 Å². The Bertz CT molecular complexity index is 1120. The first-order valence-corrected chi connectivity index (χ1v) is 9.08. The third kappa shape index (κ3) is 2.74. The maximum Gasteiger partial charge on any atom is 0.287 e. The number of fused-ring (bicyclic) bond motifs is 2. The number of anilines is 1. The van der Waals surface area contributed by atoms with Crippen molar-refractivity contribution in [3.8, 4) is 0 Å². The number of nitro benzene ring substituents is 1. The number of nitro groups is 1. The summed E-state index contributed by atoms with van der Waals surface area (Å²) in [6.45, 7) is 0. The van der Waals surface area contributed by atoms with Gasteiger partial charge in [0.15, 0.2) is 5.13 Å². The van der Waals surface area contributed by atoms with E-state index in [2.05, 4.69) is 10.3 Å². The van der Waals surface area contributed by atoms with Crippen molar-refractivity contribution >= 4 is 71.3 Å². The molecule has 0 atom stereocenters. The summed E-state index contributed by atoms with van der Waals surface area (Å²) in [6, 6.07) is 12.1. The summed E-state index contributed by atoms with van der Waals surface area (Å²) in [7, 11) is 0. The van der Waals surface area contributed by atoms with Gasteiger partial charge in [-0.25, -0.2) is 4.98 Å². The zero-order chi connectivity index (χ0) is 17.6. The van der Waals surface area contributed by atoms with E-state index in [0.29, 0.717) is 15.2 Å². The number of non-ortho nitro benzene ring substituents is 1. The number of benzene rings is 2. The summed E-state index contributed by atoms with van der Waals surface area (Å²) in [6.07, 6.45) is 0. The van der Waals surface area contributed by atoms with E-state index in [4.69, 9.17) is 11.6 Å². The molecular weight excluding hydrogens is 382 g/mol. The van der Waals surface area contributed by atoms with Crippen molar-refractivity contribution in [3.05, 3.63) is 62.5 Å². The molecule has 1 N–H and O–H groups in total. The Morgan fingerprint density at radius 1 is 1.16 bits per heavy atom. The SMILES string of the molecule is O=C(Nc1nc2ccccc2s1)c1sc2c([N+](=O)[O-])cccc2c1Cl. The first-order valence-electron chi connectivity index (χ1n) is 7.07. The Kier molecular flexibility index (Phi) is 3.87. The van der Waals surface area contributed by atoms with Gasteiger partial charge in [0, 0.05) is 11.5 Å². The van der Waals surface area contributed by atoms with E-state index in [1.807, 2.05) is 24.3 Å². The van der Waals surface area contributed by atoms with E-state index in [-0.39, 0.29) is 15.6 Å². The molecule has 0 aliphatic rings. The molecule has 0 radical (unpaired) electrons. The van der Waals surface area contributed by atoms with Gasteiger partial charge < -0.3 is 0 Å². The maximum absolute atomic E-state index is 12.6. The van der Waals surface area contributed by atoms with Crippen molar-refractivity contribution in [2.75, 3.05) is 5.32 Å². The summed E-state index contributed by atoms with van der Waals surface area (Å²) in [5.41, 5.74) is 0.726. The Labute approximate surface area is 153 Å². The first kappa shape index (κ1) is 15.9. The van der Waals surface area contributed by atoms with E-state index >= 15 is 0 Å². The van der Waals surface area contributed by atoms with Crippen LogP contribution in [0.4, 0.5) is 10.8 Å². The Morgan fingerprint density at radius 2 is 1.96 bits per heavy atom. The molecule has 0 bridgehead atoms. The van der Waals surface area contributed by atoms with Crippen LogP contribution >= 0.6 is 34.3 Å². The fourth-order valence-corrected chi connectivity index (χ4v) is 4.79. The highest BCUT2D eigenvalue weighted by molar-refractivity contribution is 7.23. The van der Waals surface area contributed by atoms with E-state index in [9.17, 15) is 14.9 Å². The molecule has 0 saturated heterocycles. The van der Waals surface area contributed by atoms with Crippen molar-refractivity contribution in [2.45, 2.75) is 0 Å². The number of nitrogens with one attached hydrogen (secondary N) is 1. The molecule has 124 valence electrons. The highest BCUT2D eigenvalue weighted by Crippen LogP contribution is 2.40. The molecule has 4 rings (SSSR count). The standard InChI is InChI=1S/C16H8ClN3O3S2/c17-12-8-4-3-6-10(20(22)23)13(8)25-14(12)15(21)19-16-18-9-5-1-2-7-11(9)24-16/h1-7H,(H,18,19,21). The zero-order valence-electron chi connectivity index (χ0n) is 12.4. The van der Waals surface area contributed by atoms with Gasteiger partial charge in [-0.2, -0.15) is 0 Å². The number of hydrogen-bond donors (Lipinski definition) is 1. The largest absolute Gasteiger partial charge is 0.297 e. The topological polar surface area (TPSA) is 85.1 Å². The molecule has 0 spiro atoms. The molecule has 6 nitrogen and oxygen atoms in total. The summed E-state index contributed by atoms with van der Waals surface area (Å²) >= 11 is 8.64. The van der Waals surface area contributed by atoms with E-state index < -0.39 is 10.8 Å². The number of amides is 1. The minimum absolute atomic E-state index is 0.0663. The molecule has 2 aromatic heterocycles. The second-order valence-corrected chi connectivity index (χ2v) is 7.53. The van der Waals surface area contributed by atoms with Gasteiger partial charge in [-0.05, 0) is 12.1 Å². The molecule has 2 aromatic carbocycles. The van der Waals surface area contributed by atoms with Gasteiger partial charge in [-0.15, -0.1) is 11.3 Å². The third-order valence-corrected chi connectivity index (χ3v) is 6.23. The molecule has 9 heteroatoms. The van der Waals surface area contributed by atoms with Crippen LogP contribution in [0, 0.1) is 10.1 Å². The number of rotatable bonds is 3. The molecule has 1 amide bonds. The summed E-state index contributed by atoms with van der Waals surface area (Å²) in [4.78, 5) is 27.8. The van der Waals surface area contributed by atoms with Gasteiger partial charge in [-0.1, -0.05) is 47.2 Å². The molecule has 0 aliphatic heterocycles. The van der Waals surface area contributed by atoms with E-state index in [0.717, 1.165) is 21.6 Å². The minimum Gasteiger partial charge on any atom is -0.297 e. The van der Waals surface area contributed by atoms with Gasteiger partial charge in [0.1, 0.15) is 9.58 Å². The lowest BCUT2D eigenvalue weighted by atomic mass is 10.2. The van der Waals surface area contributed by atoms with Crippen molar-refractivity contribution in [1.29, 1.82) is 0 Å². The molecular formula is C16H8ClN3O3S2. The van der Waals surface area contributed by atoms with Crippen molar-refractivity contribution in [2.24, 2.45) is 0 Å². The number of para-hydroxylation sites is 1. The number of thiazole rings is 1. The molecule has 0 fully saturated rings. The summed E-state index contributed by atoms with van der Waals surface area (Å²) in [5.74, 6) is -0.431. The monoisotopic (exact) mass is 389 g/mol. The average Bonchev–Trinajstić information content (AvgIpc) is 3.15. The normalized spacial score (nSPS) is 11.1. The average molecular weight is 390 g/mol. The van der Waals surface area contributed by atoms with Crippen LogP contribution in [0.5, 0.6) is 0 Å². The van der Waals surface area contributed by atoms with Gasteiger partial charge in [0.05, 0.1) is 20.2 Å². The number of carbonyl (C=O) groups is 1. The van der Waals surface area contributed by atoms with Crippen LogP contribution in [0.25, 0.3) is 20.3 Å². The highest BCUT2D eigenvalue weighted by Gasteiger charge is 2.23. The quantitative estimate of drug-likeness (QED) is 0.379. The number of hydrogen-bond acceptors (Lipinski definition) is 6. The van der Waals surface area contributed by atoms with E-state index in [1.54, 1.807) is 12.1 Å². The van der Waals surface area contributed by atoms with Crippen LogP contribution in [-0.2, 0) is 0 Å². The number of carbonyl (C=O) groups excluding carboxylic acids is 1. The van der Waals surface area contributed by atoms with Crippen LogP contribution < -0.4 is 5.32 Å². The minimum atomic E-state index is -0.482. The van der Waals surface area contributed by atoms with Gasteiger partial charge in [0.25, 0.3) is 11.6 Å². The summed E-state index contributed by atoms with van der Waals surface area (Å²) in [5, 5.41) is 15.0. The number of halogens is 1. The predicted octanol–water partition coefficient (Wildman–Crippen LogP) is 5.32. The number of nitrogens with zero attached hydrogens (tertiary/aromatic N) is 2. The molecule has 0 saturated carbocycles. The number of thiophene rings is 1. The molecule has 2 heterocycles. The molecule has 25 heavy (non-hydrogen) atoms. The summed E-state index contributed by atoms with van der Waals surface area (Å²) < 4.78 is 1.34. The van der Waals surface area contributed by atoms with Crippen LogP contribution in [0.1, 0.15) is 9.67 Å². The van der Waals surface area contributed by atoms with Crippen molar-refractivity contribution < 1.29 is 9.72 Å².